The maximum atomic E-state index is 13.0. The van der Waals surface area contributed by atoms with E-state index in [9.17, 15) is 19.2 Å². The van der Waals surface area contributed by atoms with Crippen molar-refractivity contribution in [2.75, 3.05) is 39.5 Å². The molecule has 2 saturated heterocycles. The molecular formula is C40H65N5O7. The van der Waals surface area contributed by atoms with Crippen LogP contribution < -0.4 is 16.0 Å². The quantitative estimate of drug-likeness (QED) is 0.165. The number of morpholine rings is 1. The van der Waals surface area contributed by atoms with Crippen LogP contribution in [0, 0.1) is 18.8 Å². The Balaban J connectivity index is 0.000000823. The molecule has 3 heterocycles. The van der Waals surface area contributed by atoms with Gasteiger partial charge in [-0.25, -0.2) is 0 Å². The summed E-state index contributed by atoms with van der Waals surface area (Å²) in [6.07, 6.45) is 4.69. The second-order valence-corrected chi connectivity index (χ2v) is 13.2. The summed E-state index contributed by atoms with van der Waals surface area (Å²) in [5, 5.41) is 12.0. The van der Waals surface area contributed by atoms with Gasteiger partial charge >= 0.3 is 0 Å². The van der Waals surface area contributed by atoms with E-state index in [4.69, 9.17) is 14.0 Å². The van der Waals surface area contributed by atoms with Gasteiger partial charge in [0.2, 0.25) is 11.8 Å². The lowest BCUT2D eigenvalue weighted by atomic mass is 9.93. The predicted octanol–water partition coefficient (Wildman–Crippen LogP) is 5.65. The Morgan fingerprint density at radius 3 is 2.12 bits per heavy atom. The number of aryl methyl sites for hydroxylation is 1. The van der Waals surface area contributed by atoms with E-state index in [0.717, 1.165) is 25.9 Å². The Bertz CT molecular complexity index is 1330. The molecule has 0 bridgehead atoms. The number of epoxide rings is 1. The molecule has 0 spiro atoms. The average Bonchev–Trinajstić information content (AvgIpc) is 4.07. The van der Waals surface area contributed by atoms with Gasteiger partial charge in [0.15, 0.2) is 17.2 Å². The minimum atomic E-state index is -0.848. The van der Waals surface area contributed by atoms with Crippen LogP contribution in [-0.4, -0.2) is 90.7 Å². The number of carbonyl (C=O) groups excluding carboxylic acids is 4. The summed E-state index contributed by atoms with van der Waals surface area (Å²) in [7, 11) is 0. The summed E-state index contributed by atoms with van der Waals surface area (Å²) >= 11 is 0. The molecule has 2 aromatic rings. The van der Waals surface area contributed by atoms with Gasteiger partial charge in [-0.05, 0) is 45.4 Å². The molecule has 3 N–H and O–H groups in total. The fourth-order valence-electron chi connectivity index (χ4n) is 5.02. The third-order valence-corrected chi connectivity index (χ3v) is 7.98. The van der Waals surface area contributed by atoms with E-state index in [1.165, 1.54) is 5.56 Å². The van der Waals surface area contributed by atoms with Gasteiger partial charge in [0, 0.05) is 19.2 Å². The molecule has 0 radical (unpaired) electrons. The number of benzene rings is 1. The molecule has 12 nitrogen and oxygen atoms in total. The van der Waals surface area contributed by atoms with Crippen LogP contribution in [0.4, 0.5) is 0 Å². The molecule has 292 valence electrons. The second kappa shape index (κ2) is 25.2. The van der Waals surface area contributed by atoms with E-state index in [-0.39, 0.29) is 23.9 Å². The van der Waals surface area contributed by atoms with Gasteiger partial charge in [0.1, 0.15) is 11.6 Å². The molecule has 0 unspecified atom stereocenters. The van der Waals surface area contributed by atoms with E-state index in [1.807, 2.05) is 66.7 Å². The molecule has 5 rings (SSSR count). The molecule has 1 aromatic carbocycles. The summed E-state index contributed by atoms with van der Waals surface area (Å²) in [5.41, 5.74) is 0.576. The molecule has 1 aliphatic carbocycles. The molecule has 3 amide bonds. The smallest absolute Gasteiger partial charge is 0.274 e. The van der Waals surface area contributed by atoms with E-state index in [2.05, 4.69) is 51.6 Å². The lowest BCUT2D eigenvalue weighted by molar-refractivity contribution is -0.131. The normalized spacial score (nSPS) is 18.4. The van der Waals surface area contributed by atoms with Crippen LogP contribution in [0.25, 0.3) is 0 Å². The molecular weight excluding hydrogens is 662 g/mol. The molecule has 3 aliphatic rings. The van der Waals surface area contributed by atoms with Crippen LogP contribution in [0.1, 0.15) is 103 Å². The highest BCUT2D eigenvalue weighted by molar-refractivity contribution is 5.98. The van der Waals surface area contributed by atoms with Crippen LogP contribution in [0.3, 0.4) is 0 Å². The van der Waals surface area contributed by atoms with Gasteiger partial charge < -0.3 is 29.9 Å². The number of Topliss-reactive ketones (excluding diaryl/α,β-unsaturated/α-hetero) is 1. The lowest BCUT2D eigenvalue weighted by Gasteiger charge is -2.25. The fourth-order valence-corrected chi connectivity index (χ4v) is 5.02. The topological polar surface area (TPSA) is 155 Å². The Kier molecular flexibility index (Phi) is 22.3. The van der Waals surface area contributed by atoms with E-state index >= 15 is 0 Å². The highest BCUT2D eigenvalue weighted by Crippen LogP contribution is 2.33. The number of amides is 3. The minimum absolute atomic E-state index is 0.102. The van der Waals surface area contributed by atoms with Crippen molar-refractivity contribution in [1.29, 1.82) is 0 Å². The zero-order valence-electron chi connectivity index (χ0n) is 33.1. The lowest BCUT2D eigenvalue weighted by Crippen LogP contribution is -2.52. The number of rotatable bonds is 14. The first-order chi connectivity index (χ1) is 24.9. The van der Waals surface area contributed by atoms with Crippen molar-refractivity contribution >= 4 is 23.5 Å². The van der Waals surface area contributed by atoms with Gasteiger partial charge in [0.25, 0.3) is 5.91 Å². The van der Waals surface area contributed by atoms with E-state index < -0.39 is 35.4 Å². The summed E-state index contributed by atoms with van der Waals surface area (Å²) in [5.74, 6) is -0.499. The number of aromatic nitrogens is 1. The maximum Gasteiger partial charge on any atom is 0.274 e. The second-order valence-electron chi connectivity index (χ2n) is 13.2. The van der Waals surface area contributed by atoms with Crippen LogP contribution in [0.2, 0.25) is 0 Å². The van der Waals surface area contributed by atoms with Crippen molar-refractivity contribution < 1.29 is 33.2 Å². The molecule has 2 aliphatic heterocycles. The highest BCUT2D eigenvalue weighted by Gasteiger charge is 2.50. The van der Waals surface area contributed by atoms with Crippen molar-refractivity contribution in [2.24, 2.45) is 11.8 Å². The molecule has 3 atom stereocenters. The summed E-state index contributed by atoms with van der Waals surface area (Å²) < 4.78 is 15.9. The average molecular weight is 728 g/mol. The van der Waals surface area contributed by atoms with Crippen molar-refractivity contribution in [3.63, 3.8) is 0 Å². The number of ketones is 1. The van der Waals surface area contributed by atoms with Crippen LogP contribution >= 0.6 is 0 Å². The Hall–Kier alpha value is -3.87. The zero-order chi connectivity index (χ0) is 39.1. The van der Waals surface area contributed by atoms with Crippen LogP contribution in [-0.2, 0) is 30.4 Å². The van der Waals surface area contributed by atoms with Crippen molar-refractivity contribution in [1.82, 2.24) is 26.0 Å². The van der Waals surface area contributed by atoms with Gasteiger partial charge in [0.05, 0.1) is 39.0 Å². The third-order valence-electron chi connectivity index (χ3n) is 7.98. The van der Waals surface area contributed by atoms with Crippen molar-refractivity contribution in [3.8, 4) is 0 Å². The molecule has 52 heavy (non-hydrogen) atoms. The van der Waals surface area contributed by atoms with Gasteiger partial charge in [-0.15, -0.1) is 6.58 Å². The first-order valence-corrected chi connectivity index (χ1v) is 18.8. The van der Waals surface area contributed by atoms with Crippen LogP contribution in [0.15, 0.2) is 53.6 Å². The number of ether oxygens (including phenoxy) is 2. The van der Waals surface area contributed by atoms with E-state index in [0.29, 0.717) is 50.9 Å². The van der Waals surface area contributed by atoms with E-state index in [1.54, 1.807) is 19.1 Å². The summed E-state index contributed by atoms with van der Waals surface area (Å²) in [6, 6.07) is 10.3. The Labute approximate surface area is 311 Å². The molecule has 1 aromatic heterocycles. The highest BCUT2D eigenvalue weighted by atomic mass is 16.6. The zero-order valence-corrected chi connectivity index (χ0v) is 33.1. The van der Waals surface area contributed by atoms with Gasteiger partial charge in [-0.2, -0.15) is 0 Å². The summed E-state index contributed by atoms with van der Waals surface area (Å²) in [4.78, 5) is 53.3. The standard InChI is InChI=1S/C26H39N5O7.C7H8.C3H6.2C2H6/c1-16(2)10-19(23(33)26(3)15-37-26)28-22(32)13-27-24(34)20(11-17-4-5-17)29-25(35)21-12-18(38-30-21)14-31-6-8-36-9-7-31;1-7-5-3-2-4-6-7;1-3-2;2*1-2/h12,16-17,19-20H,4-11,13-15H2,1-3H3,(H,27,34)(H,28,32)(H,29,35);2-6H,1H3;3H,1H2,2H3;2*1-2H3/t19-,20-,26+;;;;/m0..../s1. The first kappa shape index (κ1) is 46.2. The maximum absolute atomic E-state index is 13.0. The minimum Gasteiger partial charge on any atom is -0.379 e. The molecule has 1 saturated carbocycles. The van der Waals surface area contributed by atoms with Crippen molar-refractivity contribution in [2.45, 2.75) is 112 Å². The van der Waals surface area contributed by atoms with Gasteiger partial charge in [-0.1, -0.05) is 102 Å². The fraction of sp³-hybridized carbons (Fsp3) is 0.625. The Morgan fingerprint density at radius 1 is 1.02 bits per heavy atom. The number of carbonyl (C=O) groups is 4. The first-order valence-electron chi connectivity index (χ1n) is 18.8. The number of nitrogens with one attached hydrogen (secondary N) is 3. The molecule has 12 heteroatoms. The largest absolute Gasteiger partial charge is 0.379 e. The molecule has 3 fully saturated rings. The number of allylic oxidation sites excluding steroid dienone is 1. The number of nitrogens with zero attached hydrogens (tertiary/aromatic N) is 2. The number of hydrogen-bond donors (Lipinski definition) is 3. The third kappa shape index (κ3) is 18.1. The monoisotopic (exact) mass is 727 g/mol. The number of hydrogen-bond acceptors (Lipinski definition) is 9. The van der Waals surface area contributed by atoms with Crippen molar-refractivity contribution in [3.05, 3.63) is 66.1 Å². The SMILES string of the molecule is C=CC.CC.CC.CC(C)C[C@H](NC(=O)CNC(=O)[C@H](CC1CC1)NC(=O)c1cc(CN2CCOCC2)on1)C(=O)[C@@]1(C)CO1.Cc1ccccc1. The predicted molar refractivity (Wildman–Crippen MR) is 205 cm³/mol. The van der Waals surface area contributed by atoms with Crippen LogP contribution in [0.5, 0.6) is 0 Å². The Morgan fingerprint density at radius 2 is 1.62 bits per heavy atom. The summed E-state index contributed by atoms with van der Waals surface area (Å²) in [6.45, 7) is 24.4. The van der Waals surface area contributed by atoms with Gasteiger partial charge in [-0.3, -0.25) is 24.1 Å².